The summed E-state index contributed by atoms with van der Waals surface area (Å²) in [5.41, 5.74) is 6.44. The van der Waals surface area contributed by atoms with Crippen molar-refractivity contribution in [2.24, 2.45) is 11.7 Å². The topological polar surface area (TPSA) is 55.1 Å². The van der Waals surface area contributed by atoms with Crippen LogP contribution in [0.2, 0.25) is 0 Å². The Morgan fingerprint density at radius 3 is 2.64 bits per heavy atom. The van der Waals surface area contributed by atoms with E-state index < -0.39 is 0 Å². The molecule has 1 fully saturated rings. The van der Waals surface area contributed by atoms with Crippen molar-refractivity contribution in [3.63, 3.8) is 0 Å². The van der Waals surface area contributed by atoms with Gasteiger partial charge in [-0.3, -0.25) is 4.79 Å². The molecule has 22 heavy (non-hydrogen) atoms. The van der Waals surface area contributed by atoms with Gasteiger partial charge in [-0.05, 0) is 36.3 Å². The second-order valence-corrected chi connectivity index (χ2v) is 6.43. The van der Waals surface area contributed by atoms with Crippen molar-refractivity contribution >= 4 is 5.91 Å². The van der Waals surface area contributed by atoms with Gasteiger partial charge in [0.15, 0.2) is 0 Å². The van der Waals surface area contributed by atoms with E-state index in [1.54, 1.807) is 18.2 Å². The molecule has 1 aromatic rings. The summed E-state index contributed by atoms with van der Waals surface area (Å²) in [5.74, 6) is 0.0830. The van der Waals surface area contributed by atoms with Gasteiger partial charge in [-0.2, -0.15) is 0 Å². The number of rotatable bonds is 6. The summed E-state index contributed by atoms with van der Waals surface area (Å²) in [6.45, 7) is 2.36. The van der Waals surface area contributed by atoms with Crippen LogP contribution in [0.3, 0.4) is 0 Å². The molecule has 2 unspecified atom stereocenters. The zero-order chi connectivity index (χ0) is 15.9. The number of benzene rings is 1. The third-order valence-corrected chi connectivity index (χ3v) is 4.75. The minimum atomic E-state index is -0.245. The number of carbonyl (C=O) groups excluding carboxylic acids is 1. The molecule has 122 valence electrons. The molecule has 0 aromatic heterocycles. The first kappa shape index (κ1) is 16.9. The quantitative estimate of drug-likeness (QED) is 0.847. The molecule has 2 rings (SSSR count). The molecular weight excluding hydrogens is 279 g/mol. The summed E-state index contributed by atoms with van der Waals surface area (Å²) in [4.78, 5) is 12.3. The molecule has 4 heteroatoms. The average molecular weight is 306 g/mol. The Balaban J connectivity index is 1.89. The lowest BCUT2D eigenvalue weighted by Gasteiger charge is -2.30. The first-order valence-electron chi connectivity index (χ1n) is 8.35. The highest BCUT2D eigenvalue weighted by Gasteiger charge is 2.24. The van der Waals surface area contributed by atoms with Crippen molar-refractivity contribution in [1.29, 1.82) is 0 Å². The van der Waals surface area contributed by atoms with Crippen molar-refractivity contribution < 1.29 is 9.18 Å². The standard InChI is InChI=1S/C18H27FN2O/c1-13(15-9-5-6-10-16(15)19)11-18(22)21-17(12-20)14-7-3-2-4-8-14/h5-6,9-10,13-14,17H,2-4,7-8,11-12,20H2,1H3,(H,21,22). The van der Waals surface area contributed by atoms with E-state index in [0.717, 1.165) is 12.8 Å². The van der Waals surface area contributed by atoms with Gasteiger partial charge in [0.2, 0.25) is 5.91 Å². The molecule has 0 bridgehead atoms. The molecule has 3 nitrogen and oxygen atoms in total. The van der Waals surface area contributed by atoms with E-state index in [1.165, 1.54) is 25.3 Å². The maximum atomic E-state index is 13.8. The summed E-state index contributed by atoms with van der Waals surface area (Å²) in [6, 6.07) is 6.71. The number of halogens is 1. The van der Waals surface area contributed by atoms with Crippen molar-refractivity contribution in [1.82, 2.24) is 5.32 Å². The predicted octanol–water partition coefficient (Wildman–Crippen LogP) is 3.34. The van der Waals surface area contributed by atoms with Crippen LogP contribution in [0.1, 0.15) is 56.9 Å². The smallest absolute Gasteiger partial charge is 0.220 e. The minimum absolute atomic E-state index is 0.0308. The molecule has 1 amide bonds. The highest BCUT2D eigenvalue weighted by atomic mass is 19.1. The average Bonchev–Trinajstić information content (AvgIpc) is 2.53. The third kappa shape index (κ3) is 4.54. The fourth-order valence-corrected chi connectivity index (χ4v) is 3.43. The van der Waals surface area contributed by atoms with Crippen molar-refractivity contribution in [2.75, 3.05) is 6.54 Å². The Morgan fingerprint density at radius 1 is 1.32 bits per heavy atom. The van der Waals surface area contributed by atoms with E-state index in [4.69, 9.17) is 5.73 Å². The van der Waals surface area contributed by atoms with Gasteiger partial charge in [-0.15, -0.1) is 0 Å². The van der Waals surface area contributed by atoms with Gasteiger partial charge >= 0.3 is 0 Å². The molecular formula is C18H27FN2O. The van der Waals surface area contributed by atoms with Crippen LogP contribution in [-0.2, 0) is 4.79 Å². The largest absolute Gasteiger partial charge is 0.352 e. The van der Waals surface area contributed by atoms with E-state index in [9.17, 15) is 9.18 Å². The molecule has 2 atom stereocenters. The van der Waals surface area contributed by atoms with Crippen molar-refractivity contribution in [3.8, 4) is 0 Å². The predicted molar refractivity (Wildman–Crippen MR) is 87.0 cm³/mol. The molecule has 3 N–H and O–H groups in total. The van der Waals surface area contributed by atoms with Crippen LogP contribution in [0.15, 0.2) is 24.3 Å². The van der Waals surface area contributed by atoms with Gasteiger partial charge in [-0.1, -0.05) is 44.4 Å². The molecule has 0 radical (unpaired) electrons. The molecule has 1 aliphatic carbocycles. The molecule has 0 spiro atoms. The zero-order valence-corrected chi connectivity index (χ0v) is 13.4. The summed E-state index contributed by atoms with van der Waals surface area (Å²) >= 11 is 0. The van der Waals surface area contributed by atoms with E-state index in [2.05, 4.69) is 5.32 Å². The highest BCUT2D eigenvalue weighted by Crippen LogP contribution is 2.27. The highest BCUT2D eigenvalue weighted by molar-refractivity contribution is 5.77. The fourth-order valence-electron chi connectivity index (χ4n) is 3.43. The Labute approximate surface area is 132 Å². The fraction of sp³-hybridized carbons (Fsp3) is 0.611. The second-order valence-electron chi connectivity index (χ2n) is 6.43. The van der Waals surface area contributed by atoms with Gasteiger partial charge in [0.25, 0.3) is 0 Å². The summed E-state index contributed by atoms with van der Waals surface area (Å²) in [5, 5.41) is 3.07. The summed E-state index contributed by atoms with van der Waals surface area (Å²) < 4.78 is 13.8. The van der Waals surface area contributed by atoms with E-state index in [-0.39, 0.29) is 23.7 Å². The minimum Gasteiger partial charge on any atom is -0.352 e. The second kappa shape index (κ2) is 8.28. The number of nitrogens with one attached hydrogen (secondary N) is 1. The molecule has 0 heterocycles. The first-order chi connectivity index (χ1) is 10.6. The van der Waals surface area contributed by atoms with E-state index in [1.807, 2.05) is 6.92 Å². The number of hydrogen-bond donors (Lipinski definition) is 2. The number of carbonyl (C=O) groups is 1. The Kier molecular flexibility index (Phi) is 6.37. The lowest BCUT2D eigenvalue weighted by atomic mass is 9.83. The zero-order valence-electron chi connectivity index (χ0n) is 13.4. The molecule has 0 saturated heterocycles. The van der Waals surface area contributed by atoms with Gasteiger partial charge in [-0.25, -0.2) is 4.39 Å². The molecule has 1 aromatic carbocycles. The van der Waals surface area contributed by atoms with Crippen LogP contribution in [-0.4, -0.2) is 18.5 Å². The van der Waals surface area contributed by atoms with Crippen molar-refractivity contribution in [2.45, 2.75) is 57.4 Å². The first-order valence-corrected chi connectivity index (χ1v) is 8.35. The maximum Gasteiger partial charge on any atom is 0.220 e. The van der Waals surface area contributed by atoms with Crippen LogP contribution in [0, 0.1) is 11.7 Å². The van der Waals surface area contributed by atoms with Crippen LogP contribution in [0.25, 0.3) is 0 Å². The molecule has 0 aliphatic heterocycles. The van der Waals surface area contributed by atoms with E-state index in [0.29, 0.717) is 24.4 Å². The van der Waals surface area contributed by atoms with Gasteiger partial charge in [0.1, 0.15) is 5.82 Å². The van der Waals surface area contributed by atoms with Crippen LogP contribution >= 0.6 is 0 Å². The Bertz CT molecular complexity index is 486. The van der Waals surface area contributed by atoms with Crippen molar-refractivity contribution in [3.05, 3.63) is 35.6 Å². The number of amides is 1. The lowest BCUT2D eigenvalue weighted by Crippen LogP contribution is -2.46. The van der Waals surface area contributed by atoms with Gasteiger partial charge in [0, 0.05) is 19.0 Å². The van der Waals surface area contributed by atoms with Crippen LogP contribution < -0.4 is 11.1 Å². The SMILES string of the molecule is CC(CC(=O)NC(CN)C1CCCCC1)c1ccccc1F. The van der Waals surface area contributed by atoms with Crippen LogP contribution in [0.5, 0.6) is 0 Å². The third-order valence-electron chi connectivity index (χ3n) is 4.75. The monoisotopic (exact) mass is 306 g/mol. The summed E-state index contributed by atoms with van der Waals surface area (Å²) in [7, 11) is 0. The summed E-state index contributed by atoms with van der Waals surface area (Å²) in [6.07, 6.45) is 6.32. The Morgan fingerprint density at radius 2 is 2.00 bits per heavy atom. The van der Waals surface area contributed by atoms with Crippen LogP contribution in [0.4, 0.5) is 4.39 Å². The number of nitrogens with two attached hydrogens (primary N) is 1. The number of hydrogen-bond acceptors (Lipinski definition) is 2. The van der Waals surface area contributed by atoms with E-state index >= 15 is 0 Å². The molecule has 1 aliphatic rings. The molecule has 1 saturated carbocycles. The lowest BCUT2D eigenvalue weighted by molar-refractivity contribution is -0.122. The Hall–Kier alpha value is -1.42. The van der Waals surface area contributed by atoms with Gasteiger partial charge < -0.3 is 11.1 Å². The normalized spacial score (nSPS) is 18.7. The maximum absolute atomic E-state index is 13.8. The van der Waals surface area contributed by atoms with Gasteiger partial charge in [0.05, 0.1) is 0 Å².